The number of benzene rings is 4. The molecule has 8 saturated carbocycles. The van der Waals surface area contributed by atoms with Gasteiger partial charge >= 0.3 is 0 Å². The molecular weight excluding hydrogens is 655 g/mol. The first-order valence-corrected chi connectivity index (χ1v) is 20.4. The van der Waals surface area contributed by atoms with Crippen molar-refractivity contribution in [1.82, 2.24) is 0 Å². The summed E-state index contributed by atoms with van der Waals surface area (Å²) in [7, 11) is 0. The van der Waals surface area contributed by atoms with Crippen molar-refractivity contribution in [2.45, 2.75) is 109 Å². The van der Waals surface area contributed by atoms with Gasteiger partial charge in [-0.25, -0.2) is 0 Å². The van der Waals surface area contributed by atoms with Crippen LogP contribution in [0.2, 0.25) is 0 Å². The lowest BCUT2D eigenvalue weighted by Crippen LogP contribution is -2.50. The average molecular weight is 710 g/mol. The highest BCUT2D eigenvalue weighted by molar-refractivity contribution is 5.69. The number of anilines is 3. The van der Waals surface area contributed by atoms with Crippen LogP contribution in [0, 0.1) is 56.3 Å². The van der Waals surface area contributed by atoms with Crippen molar-refractivity contribution in [2.75, 3.05) is 17.2 Å². The van der Waals surface area contributed by atoms with Gasteiger partial charge in [0.05, 0.1) is 17.1 Å². The average Bonchev–Trinajstić information content (AvgIpc) is 3.08. The molecule has 0 aliphatic heterocycles. The lowest BCUT2D eigenvalue weighted by Gasteiger charge is -2.59. The Labute approximate surface area is 314 Å². The topological polar surface area (TPSA) is 106 Å². The Hall–Kier alpha value is -4.32. The number of aryl methyl sites for hydroxylation is 3. The summed E-state index contributed by atoms with van der Waals surface area (Å²) in [6.45, 7) is 6.29. The lowest BCUT2D eigenvalue weighted by atomic mass is 9.46. The van der Waals surface area contributed by atoms with E-state index < -0.39 is 0 Å². The largest absolute Gasteiger partial charge is 0.455 e. The van der Waals surface area contributed by atoms with Crippen molar-refractivity contribution in [3.8, 4) is 34.5 Å². The van der Waals surface area contributed by atoms with E-state index in [-0.39, 0.29) is 10.8 Å². The quantitative estimate of drug-likeness (QED) is 0.157. The maximum atomic E-state index is 7.55. The normalized spacial score (nSPS) is 31.9. The van der Waals surface area contributed by atoms with Crippen LogP contribution in [0.5, 0.6) is 34.5 Å². The molecule has 4 aromatic carbocycles. The minimum absolute atomic E-state index is 0.0749. The lowest BCUT2D eigenvalue weighted by molar-refractivity contribution is -0.0110. The Morgan fingerprint density at radius 2 is 0.717 bits per heavy atom. The van der Waals surface area contributed by atoms with E-state index in [1.54, 1.807) is 0 Å². The zero-order valence-electron chi connectivity index (χ0n) is 31.7. The van der Waals surface area contributed by atoms with Crippen LogP contribution < -0.4 is 31.4 Å². The van der Waals surface area contributed by atoms with Crippen LogP contribution in [0.15, 0.2) is 60.7 Å². The van der Waals surface area contributed by atoms with Gasteiger partial charge in [0.15, 0.2) is 17.2 Å². The van der Waals surface area contributed by atoms with Crippen molar-refractivity contribution in [2.24, 2.45) is 35.5 Å². The van der Waals surface area contributed by atoms with Crippen molar-refractivity contribution < 1.29 is 14.2 Å². The van der Waals surface area contributed by atoms with Gasteiger partial charge in [0.25, 0.3) is 0 Å². The molecule has 0 radical (unpaired) electrons. The Morgan fingerprint density at radius 1 is 0.415 bits per heavy atom. The summed E-state index contributed by atoms with van der Waals surface area (Å²) < 4.78 is 22.0. The summed E-state index contributed by atoms with van der Waals surface area (Å²) in [6.07, 6.45) is 15.0. The van der Waals surface area contributed by atoms with Crippen molar-refractivity contribution in [3.05, 3.63) is 88.5 Å². The smallest absolute Gasteiger partial charge is 0.150 e. The molecule has 12 rings (SSSR count). The van der Waals surface area contributed by atoms with E-state index >= 15 is 0 Å². The van der Waals surface area contributed by atoms with Crippen LogP contribution in [0.4, 0.5) is 17.1 Å². The van der Waals surface area contributed by atoms with Crippen LogP contribution in [0.3, 0.4) is 0 Å². The highest BCUT2D eigenvalue weighted by Gasteiger charge is 2.58. The van der Waals surface area contributed by atoms with E-state index in [1.165, 1.54) is 49.7 Å². The molecule has 0 saturated heterocycles. The number of hydrogen-bond donors (Lipinski definition) is 3. The van der Waals surface area contributed by atoms with E-state index in [1.807, 2.05) is 30.3 Å². The molecule has 0 aromatic heterocycles. The van der Waals surface area contributed by atoms with Crippen LogP contribution >= 0.6 is 0 Å². The summed E-state index contributed by atoms with van der Waals surface area (Å²) in [6, 6.07) is 20.5. The fourth-order valence-corrected chi connectivity index (χ4v) is 13.3. The van der Waals surface area contributed by atoms with Gasteiger partial charge in [0.1, 0.15) is 17.2 Å². The molecule has 8 fully saturated rings. The summed E-state index contributed by atoms with van der Waals surface area (Å²) in [5, 5.41) is 0. The minimum Gasteiger partial charge on any atom is -0.455 e. The molecule has 4 aromatic rings. The first kappa shape index (κ1) is 33.3. The molecule has 8 bridgehead atoms. The van der Waals surface area contributed by atoms with Gasteiger partial charge in [0.2, 0.25) is 0 Å². The maximum Gasteiger partial charge on any atom is 0.150 e. The molecular formula is C47H55N3O3. The summed E-state index contributed by atoms with van der Waals surface area (Å²) in [5.74, 6) is 8.89. The molecule has 276 valence electrons. The molecule has 6 N–H and O–H groups in total. The predicted octanol–water partition coefficient (Wildman–Crippen LogP) is 11.7. The minimum atomic E-state index is -0.0749. The van der Waals surface area contributed by atoms with E-state index in [9.17, 15) is 0 Å². The third-order valence-electron chi connectivity index (χ3n) is 14.5. The Balaban J connectivity index is 1.29. The van der Waals surface area contributed by atoms with Crippen LogP contribution in [0.25, 0.3) is 0 Å². The van der Waals surface area contributed by atoms with E-state index in [0.29, 0.717) is 34.3 Å². The third-order valence-corrected chi connectivity index (χ3v) is 14.5. The molecule has 6 heteroatoms. The second-order valence-electron chi connectivity index (χ2n) is 18.8. The van der Waals surface area contributed by atoms with Gasteiger partial charge in [-0.3, -0.25) is 0 Å². The Morgan fingerprint density at radius 3 is 1.04 bits per heavy atom. The summed E-state index contributed by atoms with van der Waals surface area (Å²) in [4.78, 5) is 0. The van der Waals surface area contributed by atoms with Gasteiger partial charge in [-0.1, -0.05) is 18.2 Å². The SMILES string of the molecule is Cc1ccc(N)c(Oc2cc(Oc3cc(C)ccc3N)c(C34CC5CC(CC(C5)C3)C4)c(Oc3cc(C)ccc3N)c2C23CC4CC(CC(C4)C2)C3)c1. The Bertz CT molecular complexity index is 1930. The highest BCUT2D eigenvalue weighted by atomic mass is 16.5. The maximum absolute atomic E-state index is 7.55. The van der Waals surface area contributed by atoms with Gasteiger partial charge in [-0.05, 0) is 186 Å². The number of nitrogen functional groups attached to an aromatic ring is 3. The van der Waals surface area contributed by atoms with Gasteiger partial charge in [-0.2, -0.15) is 0 Å². The van der Waals surface area contributed by atoms with Crippen LogP contribution in [-0.2, 0) is 10.8 Å². The van der Waals surface area contributed by atoms with Crippen molar-refractivity contribution in [1.29, 1.82) is 0 Å². The van der Waals surface area contributed by atoms with Gasteiger partial charge < -0.3 is 31.4 Å². The molecule has 0 atom stereocenters. The van der Waals surface area contributed by atoms with Gasteiger partial charge in [-0.15, -0.1) is 0 Å². The van der Waals surface area contributed by atoms with E-state index in [0.717, 1.165) is 108 Å². The monoisotopic (exact) mass is 709 g/mol. The number of rotatable bonds is 8. The molecule has 53 heavy (non-hydrogen) atoms. The van der Waals surface area contributed by atoms with Gasteiger partial charge in [0, 0.05) is 28.0 Å². The predicted molar refractivity (Wildman–Crippen MR) is 213 cm³/mol. The highest BCUT2D eigenvalue weighted by Crippen LogP contribution is 2.69. The van der Waals surface area contributed by atoms with Crippen LogP contribution in [-0.4, -0.2) is 0 Å². The second-order valence-corrected chi connectivity index (χ2v) is 18.8. The molecule has 6 nitrogen and oxygen atoms in total. The fourth-order valence-electron chi connectivity index (χ4n) is 13.3. The van der Waals surface area contributed by atoms with Crippen LogP contribution in [0.1, 0.15) is 105 Å². The zero-order valence-corrected chi connectivity index (χ0v) is 31.7. The first-order chi connectivity index (χ1) is 25.5. The molecule has 0 amide bonds. The fraction of sp³-hybridized carbons (Fsp3) is 0.489. The molecule has 8 aliphatic carbocycles. The first-order valence-electron chi connectivity index (χ1n) is 20.4. The Kier molecular flexibility index (Phi) is 7.59. The second kappa shape index (κ2) is 12.1. The number of hydrogen-bond acceptors (Lipinski definition) is 6. The molecule has 0 unspecified atom stereocenters. The standard InChI is InChI=1S/C47H55N3O3/c1-26-4-7-35(48)38(10-26)51-41-19-42(52-39-11-27(2)5-8-36(39)49)44(47-23-32-16-33(24-47)18-34(17-32)25-47)45(53-40-12-28(3)6-9-37(40)50)43(41)46-20-29-13-30(21-46)15-31(14-29)22-46/h4-12,19,29-34H,13-18,20-25,48-50H2,1-3H3. The molecule has 0 spiro atoms. The molecule has 8 aliphatic rings. The zero-order chi connectivity index (χ0) is 36.2. The number of ether oxygens (including phenoxy) is 3. The van der Waals surface area contributed by atoms with Crippen molar-refractivity contribution >= 4 is 17.1 Å². The summed E-state index contributed by atoms with van der Waals surface area (Å²) in [5.41, 5.74) is 27.7. The van der Waals surface area contributed by atoms with E-state index in [4.69, 9.17) is 31.4 Å². The summed E-state index contributed by atoms with van der Waals surface area (Å²) >= 11 is 0. The third kappa shape index (κ3) is 5.65. The van der Waals surface area contributed by atoms with E-state index in [2.05, 4.69) is 51.1 Å². The number of nitrogens with two attached hydrogens (primary N) is 3. The molecule has 0 heterocycles. The van der Waals surface area contributed by atoms with Crippen molar-refractivity contribution in [3.63, 3.8) is 0 Å².